The topological polar surface area (TPSA) is 164 Å². The van der Waals surface area contributed by atoms with Crippen molar-refractivity contribution >= 4 is 23.8 Å². The van der Waals surface area contributed by atoms with Gasteiger partial charge in [0.05, 0.1) is 0 Å². The molecule has 13 heteroatoms. The molecule has 2 heterocycles. The molecule has 1 saturated heterocycles. The van der Waals surface area contributed by atoms with Crippen molar-refractivity contribution in [2.45, 2.75) is 70.1 Å². The standard InChI is InChI=1S/C15H23N3O5.C2HF3O2/c1-7-4-5-8(2)18(7)14(20)13-12(17-9(3)19)10(16)6-11(23-13)15(21)22;3-2(4,5)1(6)7/h6-8,10,12-13H,4-5,16H2,1-3H3,(H,17,19)(H,21,22);(H,6,7)/t7-,8+,10-,12+,13+;/m0./s1. The van der Waals surface area contributed by atoms with Crippen LogP contribution in [0.15, 0.2) is 11.8 Å². The Kier molecular flexibility index (Phi) is 8.22. The maximum atomic E-state index is 12.9. The van der Waals surface area contributed by atoms with Crippen LogP contribution in [0.4, 0.5) is 13.2 Å². The lowest BCUT2D eigenvalue weighted by Gasteiger charge is -2.37. The minimum atomic E-state index is -5.19. The van der Waals surface area contributed by atoms with Crippen LogP contribution in [0.1, 0.15) is 33.6 Å². The zero-order chi connectivity index (χ0) is 23.4. The van der Waals surface area contributed by atoms with Crippen molar-refractivity contribution in [1.29, 1.82) is 0 Å². The summed E-state index contributed by atoms with van der Waals surface area (Å²) in [5.74, 6) is -5.18. The van der Waals surface area contributed by atoms with E-state index in [1.807, 2.05) is 13.8 Å². The molecule has 2 aliphatic heterocycles. The van der Waals surface area contributed by atoms with Crippen LogP contribution in [0.3, 0.4) is 0 Å². The molecule has 5 N–H and O–H groups in total. The van der Waals surface area contributed by atoms with E-state index in [-0.39, 0.29) is 29.7 Å². The second-order valence-corrected chi connectivity index (χ2v) is 7.07. The lowest BCUT2D eigenvalue weighted by Crippen LogP contribution is -2.74. The lowest BCUT2D eigenvalue weighted by atomic mass is 9.97. The van der Waals surface area contributed by atoms with Crippen LogP contribution in [-0.4, -0.2) is 70.2 Å². The van der Waals surface area contributed by atoms with Gasteiger partial charge >= 0.3 is 12.1 Å². The number of nitrogens with one attached hydrogen (secondary N) is 1. The first kappa shape index (κ1) is 25.2. The van der Waals surface area contributed by atoms with Gasteiger partial charge in [-0.2, -0.15) is 13.2 Å². The van der Waals surface area contributed by atoms with Crippen molar-refractivity contribution in [3.05, 3.63) is 11.8 Å². The Labute approximate surface area is 169 Å². The minimum Gasteiger partial charge on any atom is -0.542 e. The number of carboxylic acid groups (broad SMARTS) is 2. The molecule has 2 rings (SSSR count). The number of rotatable bonds is 3. The number of likely N-dealkylation sites (tertiary alicyclic amines) is 1. The smallest absolute Gasteiger partial charge is 0.430 e. The summed E-state index contributed by atoms with van der Waals surface area (Å²) in [7, 11) is 0. The summed E-state index contributed by atoms with van der Waals surface area (Å²) in [5, 5.41) is 20.6. The van der Waals surface area contributed by atoms with Gasteiger partial charge in [-0.15, -0.1) is 0 Å². The van der Waals surface area contributed by atoms with Crippen LogP contribution in [0, 0.1) is 0 Å². The average Bonchev–Trinajstić information content (AvgIpc) is 2.93. The molecule has 10 nitrogen and oxygen atoms in total. The fourth-order valence-corrected chi connectivity index (χ4v) is 3.29. The highest BCUT2D eigenvalue weighted by atomic mass is 19.4. The predicted molar refractivity (Wildman–Crippen MR) is 90.9 cm³/mol. The highest BCUT2D eigenvalue weighted by molar-refractivity contribution is 5.88. The van der Waals surface area contributed by atoms with Gasteiger partial charge in [0, 0.05) is 25.1 Å². The summed E-state index contributed by atoms with van der Waals surface area (Å²) in [6, 6.07) is -1.15. The highest BCUT2D eigenvalue weighted by Gasteiger charge is 2.46. The van der Waals surface area contributed by atoms with Crippen LogP contribution in [0.5, 0.6) is 0 Å². The van der Waals surface area contributed by atoms with Gasteiger partial charge < -0.3 is 35.7 Å². The maximum absolute atomic E-state index is 12.9. The second-order valence-electron chi connectivity index (χ2n) is 7.07. The third kappa shape index (κ3) is 6.34. The Balaban J connectivity index is 0.000000553. The number of carboxylic acids is 2. The summed E-state index contributed by atoms with van der Waals surface area (Å²) in [6.45, 7) is 5.24. The largest absolute Gasteiger partial charge is 0.542 e. The zero-order valence-corrected chi connectivity index (χ0v) is 16.6. The van der Waals surface area contributed by atoms with Gasteiger partial charge in [0.15, 0.2) is 0 Å². The summed E-state index contributed by atoms with van der Waals surface area (Å²) in [6.07, 6.45) is -3.18. The molecule has 0 bridgehead atoms. The van der Waals surface area contributed by atoms with Crippen molar-refractivity contribution < 1.29 is 53.0 Å². The molecule has 30 heavy (non-hydrogen) atoms. The van der Waals surface area contributed by atoms with Crippen LogP contribution in [0.2, 0.25) is 0 Å². The van der Waals surface area contributed by atoms with Gasteiger partial charge in [-0.25, -0.2) is 4.79 Å². The quantitative estimate of drug-likeness (QED) is 0.465. The van der Waals surface area contributed by atoms with Crippen LogP contribution < -0.4 is 16.2 Å². The van der Waals surface area contributed by atoms with E-state index in [2.05, 4.69) is 11.1 Å². The number of amides is 2. The summed E-state index contributed by atoms with van der Waals surface area (Å²) in [5.41, 5.74) is 3.86. The first-order valence-corrected chi connectivity index (χ1v) is 8.99. The van der Waals surface area contributed by atoms with Crippen molar-refractivity contribution in [3.63, 3.8) is 0 Å². The van der Waals surface area contributed by atoms with Crippen molar-refractivity contribution in [3.8, 4) is 0 Å². The number of aliphatic carboxylic acids is 2. The Morgan fingerprint density at radius 3 is 2.07 bits per heavy atom. The molecule has 0 radical (unpaired) electrons. The van der Waals surface area contributed by atoms with Crippen LogP contribution >= 0.6 is 0 Å². The Morgan fingerprint density at radius 2 is 1.70 bits per heavy atom. The van der Waals surface area contributed by atoms with E-state index in [4.69, 9.17) is 19.7 Å². The molecule has 0 aliphatic carbocycles. The summed E-state index contributed by atoms with van der Waals surface area (Å²) in [4.78, 5) is 46.1. The number of nitrogens with zero attached hydrogens (tertiary/aromatic N) is 1. The number of ether oxygens (including phenoxy) is 1. The van der Waals surface area contributed by atoms with Gasteiger partial charge in [-0.1, -0.05) is 0 Å². The second kappa shape index (κ2) is 9.78. The van der Waals surface area contributed by atoms with E-state index in [0.29, 0.717) is 0 Å². The van der Waals surface area contributed by atoms with E-state index >= 15 is 0 Å². The monoisotopic (exact) mass is 439 g/mol. The van der Waals surface area contributed by atoms with Gasteiger partial charge in [0.2, 0.25) is 17.8 Å². The Morgan fingerprint density at radius 1 is 1.23 bits per heavy atom. The number of alkyl halides is 3. The van der Waals surface area contributed by atoms with E-state index < -0.39 is 36.3 Å². The van der Waals surface area contributed by atoms with E-state index in [1.165, 1.54) is 13.0 Å². The molecule has 170 valence electrons. The Hall–Kier alpha value is -2.83. The molecule has 2 amide bonds. The summed E-state index contributed by atoms with van der Waals surface area (Å²) < 4.78 is 37.0. The number of carbonyl (C=O) groups excluding carboxylic acids is 3. The molecule has 0 spiro atoms. The van der Waals surface area contributed by atoms with Crippen molar-refractivity contribution in [2.75, 3.05) is 0 Å². The number of quaternary nitrogens is 1. The van der Waals surface area contributed by atoms with E-state index in [0.717, 1.165) is 12.8 Å². The van der Waals surface area contributed by atoms with Gasteiger partial charge in [0.1, 0.15) is 18.1 Å². The molecule has 0 aromatic carbocycles. The molecule has 0 saturated carbocycles. The molecule has 1 fully saturated rings. The zero-order valence-electron chi connectivity index (χ0n) is 16.6. The summed E-state index contributed by atoms with van der Waals surface area (Å²) >= 11 is 0. The first-order valence-electron chi connectivity index (χ1n) is 8.99. The third-order valence-corrected chi connectivity index (χ3v) is 4.67. The van der Waals surface area contributed by atoms with Crippen LogP contribution in [-0.2, 0) is 23.9 Å². The average molecular weight is 439 g/mol. The van der Waals surface area contributed by atoms with Crippen molar-refractivity contribution in [2.24, 2.45) is 0 Å². The predicted octanol–water partition coefficient (Wildman–Crippen LogP) is -1.83. The van der Waals surface area contributed by atoms with Gasteiger partial charge in [-0.3, -0.25) is 9.59 Å². The van der Waals surface area contributed by atoms with Crippen LogP contribution in [0.25, 0.3) is 0 Å². The number of carbonyl (C=O) groups is 4. The SMILES string of the molecule is CC(=O)N[C@@H]1[C@@H]([NH3+])C=C(C(=O)O)O[C@H]1C(=O)N1[C@H](C)CC[C@@H]1C.O=C([O-])C(F)(F)F. The highest BCUT2D eigenvalue weighted by Crippen LogP contribution is 2.27. The molecule has 0 aromatic heterocycles. The number of hydrogen-bond donors (Lipinski definition) is 3. The molecular formula is C17H24F3N3O7. The van der Waals surface area contributed by atoms with Crippen molar-refractivity contribution in [1.82, 2.24) is 10.2 Å². The van der Waals surface area contributed by atoms with Gasteiger partial charge in [-0.05, 0) is 26.7 Å². The normalized spacial score (nSPS) is 28.4. The first-order chi connectivity index (χ1) is 13.7. The minimum absolute atomic E-state index is 0.0570. The Bertz CT molecular complexity index is 716. The van der Waals surface area contributed by atoms with E-state index in [9.17, 15) is 27.6 Å². The van der Waals surface area contributed by atoms with E-state index in [1.54, 1.807) is 4.90 Å². The molecule has 5 atom stereocenters. The molecule has 0 aromatic rings. The fraction of sp³-hybridized carbons (Fsp3) is 0.647. The third-order valence-electron chi connectivity index (χ3n) is 4.67. The number of halogens is 3. The molecule has 0 unspecified atom stereocenters. The lowest BCUT2D eigenvalue weighted by molar-refractivity contribution is -0.414. The maximum Gasteiger partial charge on any atom is 0.430 e. The molecule has 2 aliphatic rings. The fourth-order valence-electron chi connectivity index (χ4n) is 3.29. The van der Waals surface area contributed by atoms with Gasteiger partial charge in [0.25, 0.3) is 5.91 Å². The number of hydrogen-bond acceptors (Lipinski definition) is 6. The molecular weight excluding hydrogens is 415 g/mol.